The summed E-state index contributed by atoms with van der Waals surface area (Å²) in [5.41, 5.74) is 0.752. The molecule has 0 radical (unpaired) electrons. The van der Waals surface area contributed by atoms with Crippen LogP contribution in [0.1, 0.15) is 17.1 Å². The second kappa shape index (κ2) is 10.8. The third kappa shape index (κ3) is 6.54. The molecule has 182 valence electrons. The topological polar surface area (TPSA) is 144 Å². The third-order valence-electron chi connectivity index (χ3n) is 4.75. The van der Waals surface area contributed by atoms with Gasteiger partial charge in [0.15, 0.2) is 5.76 Å². The van der Waals surface area contributed by atoms with Crippen molar-refractivity contribution in [1.29, 1.82) is 0 Å². The minimum absolute atomic E-state index is 0.00707. The van der Waals surface area contributed by atoms with Crippen LogP contribution in [0, 0.1) is 0 Å². The van der Waals surface area contributed by atoms with E-state index in [9.17, 15) is 18.0 Å². The Bertz CT molecular complexity index is 1100. The van der Waals surface area contributed by atoms with Gasteiger partial charge < -0.3 is 24.9 Å². The Morgan fingerprint density at radius 2 is 2.09 bits per heavy atom. The van der Waals surface area contributed by atoms with Crippen molar-refractivity contribution >= 4 is 11.9 Å². The maximum atomic E-state index is 12.5. The van der Waals surface area contributed by atoms with E-state index in [4.69, 9.17) is 19.1 Å². The number of carbonyl (C=O) groups excluding carboxylic acids is 1. The van der Waals surface area contributed by atoms with E-state index in [1.54, 1.807) is 18.0 Å². The first kappa shape index (κ1) is 24.7. The number of nitrogens with one attached hydrogen (secondary N) is 2. The number of nitrogens with zero attached hydrogens (tertiary/aromatic N) is 4. The van der Waals surface area contributed by atoms with Gasteiger partial charge in [-0.05, 0) is 18.6 Å². The van der Waals surface area contributed by atoms with Gasteiger partial charge in [-0.25, -0.2) is 9.78 Å². The van der Waals surface area contributed by atoms with E-state index in [0.717, 1.165) is 12.0 Å². The fourth-order valence-electron chi connectivity index (χ4n) is 3.22. The SMILES string of the molecule is COc1ccccc1-c1cnc(C(=O)N[C@H]2CN[C@H](Cn3ccnn3)C2)o1.O=C(O)C(F)(F)F. The Morgan fingerprint density at radius 3 is 2.74 bits per heavy atom. The van der Waals surface area contributed by atoms with Crippen molar-refractivity contribution in [2.75, 3.05) is 13.7 Å². The minimum Gasteiger partial charge on any atom is -0.496 e. The summed E-state index contributed by atoms with van der Waals surface area (Å²) >= 11 is 0. The maximum Gasteiger partial charge on any atom is 0.490 e. The lowest BCUT2D eigenvalue weighted by Crippen LogP contribution is -2.36. The fourth-order valence-corrected chi connectivity index (χ4v) is 3.22. The Morgan fingerprint density at radius 1 is 1.35 bits per heavy atom. The quantitative estimate of drug-likeness (QED) is 0.478. The summed E-state index contributed by atoms with van der Waals surface area (Å²) in [6.45, 7) is 1.40. The molecule has 3 heterocycles. The summed E-state index contributed by atoms with van der Waals surface area (Å²) < 4.78 is 44.5. The second-order valence-electron chi connectivity index (χ2n) is 7.17. The lowest BCUT2D eigenvalue weighted by atomic mass is 10.1. The lowest BCUT2D eigenvalue weighted by Gasteiger charge is -2.11. The molecule has 34 heavy (non-hydrogen) atoms. The number of alkyl halides is 3. The van der Waals surface area contributed by atoms with Crippen molar-refractivity contribution in [3.8, 4) is 17.1 Å². The van der Waals surface area contributed by atoms with Gasteiger partial charge in [0.1, 0.15) is 5.75 Å². The molecule has 3 N–H and O–H groups in total. The number of rotatable bonds is 6. The van der Waals surface area contributed by atoms with Crippen LogP contribution in [0.15, 0.2) is 47.3 Å². The molecular weight excluding hydrogens is 461 g/mol. The Hall–Kier alpha value is -3.94. The van der Waals surface area contributed by atoms with E-state index in [0.29, 0.717) is 24.6 Å². The predicted octanol–water partition coefficient (Wildman–Crippen LogP) is 1.74. The van der Waals surface area contributed by atoms with E-state index >= 15 is 0 Å². The second-order valence-corrected chi connectivity index (χ2v) is 7.17. The molecule has 1 saturated heterocycles. The van der Waals surface area contributed by atoms with Crippen LogP contribution in [0.25, 0.3) is 11.3 Å². The standard InChI is InChI=1S/C18H20N6O3.C2HF3O2/c1-26-15-5-3-2-4-14(15)16-10-20-18(27-16)17(25)22-12-8-13(19-9-12)11-24-7-6-21-23-24;3-2(4,5)1(6)7/h2-7,10,12-13,19H,8-9,11H2,1H3,(H,22,25);(H,6,7)/t12-,13+;/m1./s1. The van der Waals surface area contributed by atoms with Crippen LogP contribution in [-0.4, -0.2) is 68.9 Å². The van der Waals surface area contributed by atoms with E-state index in [2.05, 4.69) is 25.9 Å². The molecular formula is C20H21F3N6O5. The molecule has 2 aromatic heterocycles. The number of amides is 1. The van der Waals surface area contributed by atoms with Gasteiger partial charge in [0.2, 0.25) is 0 Å². The molecule has 0 spiro atoms. The van der Waals surface area contributed by atoms with E-state index in [1.807, 2.05) is 30.5 Å². The van der Waals surface area contributed by atoms with E-state index in [-0.39, 0.29) is 23.9 Å². The number of hydrogen-bond acceptors (Lipinski definition) is 8. The largest absolute Gasteiger partial charge is 0.496 e. The van der Waals surface area contributed by atoms with Crippen LogP contribution >= 0.6 is 0 Å². The summed E-state index contributed by atoms with van der Waals surface area (Å²) in [7, 11) is 1.59. The van der Waals surface area contributed by atoms with Crippen LogP contribution in [0.5, 0.6) is 5.75 Å². The highest BCUT2D eigenvalue weighted by atomic mass is 19.4. The number of hydrogen-bond donors (Lipinski definition) is 3. The summed E-state index contributed by atoms with van der Waals surface area (Å²) in [5.74, 6) is -1.89. The van der Waals surface area contributed by atoms with Crippen molar-refractivity contribution in [3.63, 3.8) is 0 Å². The van der Waals surface area contributed by atoms with Gasteiger partial charge in [0, 0.05) is 24.8 Å². The number of aliphatic carboxylic acids is 1. The van der Waals surface area contributed by atoms with Crippen LogP contribution in [0.4, 0.5) is 13.2 Å². The first-order valence-corrected chi connectivity index (χ1v) is 9.95. The molecule has 3 aromatic rings. The minimum atomic E-state index is -5.08. The molecule has 1 aromatic carbocycles. The van der Waals surface area contributed by atoms with Crippen molar-refractivity contribution in [3.05, 3.63) is 48.7 Å². The number of halogens is 3. The Labute approximate surface area is 190 Å². The number of ether oxygens (including phenoxy) is 1. The highest BCUT2D eigenvalue weighted by Crippen LogP contribution is 2.29. The first-order chi connectivity index (χ1) is 16.2. The Balaban J connectivity index is 0.000000406. The monoisotopic (exact) mass is 482 g/mol. The molecule has 1 amide bonds. The molecule has 0 bridgehead atoms. The molecule has 1 aliphatic rings. The van der Waals surface area contributed by atoms with Gasteiger partial charge in [-0.15, -0.1) is 5.10 Å². The van der Waals surface area contributed by atoms with Crippen molar-refractivity contribution in [2.24, 2.45) is 0 Å². The zero-order valence-corrected chi connectivity index (χ0v) is 17.8. The number of benzene rings is 1. The third-order valence-corrected chi connectivity index (χ3v) is 4.75. The lowest BCUT2D eigenvalue weighted by molar-refractivity contribution is -0.192. The van der Waals surface area contributed by atoms with Gasteiger partial charge >= 0.3 is 18.1 Å². The fraction of sp³-hybridized carbons (Fsp3) is 0.350. The average Bonchev–Trinajstić information content (AvgIpc) is 3.56. The van der Waals surface area contributed by atoms with Crippen LogP contribution in [-0.2, 0) is 11.3 Å². The highest BCUT2D eigenvalue weighted by Gasteiger charge is 2.38. The van der Waals surface area contributed by atoms with Crippen molar-refractivity contribution in [1.82, 2.24) is 30.6 Å². The molecule has 0 unspecified atom stereocenters. The van der Waals surface area contributed by atoms with Crippen LogP contribution in [0.2, 0.25) is 0 Å². The number of para-hydroxylation sites is 1. The summed E-state index contributed by atoms with van der Waals surface area (Å²) in [6.07, 6.45) is 0.717. The number of aromatic nitrogens is 4. The van der Waals surface area contributed by atoms with Gasteiger partial charge in [-0.1, -0.05) is 17.3 Å². The molecule has 14 heteroatoms. The van der Waals surface area contributed by atoms with Crippen molar-refractivity contribution in [2.45, 2.75) is 31.2 Å². The number of methoxy groups -OCH3 is 1. The molecule has 0 saturated carbocycles. The highest BCUT2D eigenvalue weighted by molar-refractivity contribution is 5.90. The Kier molecular flexibility index (Phi) is 7.83. The smallest absolute Gasteiger partial charge is 0.490 e. The summed E-state index contributed by atoms with van der Waals surface area (Å²) in [5, 5.41) is 21.2. The zero-order chi connectivity index (χ0) is 24.7. The van der Waals surface area contributed by atoms with Crippen molar-refractivity contribution < 1.29 is 37.0 Å². The zero-order valence-electron chi connectivity index (χ0n) is 17.8. The molecule has 0 aliphatic carbocycles. The van der Waals surface area contributed by atoms with E-state index in [1.165, 1.54) is 6.20 Å². The van der Waals surface area contributed by atoms with Gasteiger partial charge in [-0.2, -0.15) is 13.2 Å². The predicted molar refractivity (Wildman–Crippen MR) is 110 cm³/mol. The summed E-state index contributed by atoms with van der Waals surface area (Å²) in [4.78, 5) is 25.5. The van der Waals surface area contributed by atoms with Gasteiger partial charge in [0.25, 0.3) is 5.89 Å². The maximum absolute atomic E-state index is 12.5. The first-order valence-electron chi connectivity index (χ1n) is 9.95. The number of carboxylic acids is 1. The molecule has 2 atom stereocenters. The number of oxazole rings is 1. The normalized spacial score (nSPS) is 17.5. The number of carboxylic acid groups (broad SMARTS) is 1. The molecule has 1 aliphatic heterocycles. The average molecular weight is 482 g/mol. The van der Waals surface area contributed by atoms with Crippen LogP contribution in [0.3, 0.4) is 0 Å². The van der Waals surface area contributed by atoms with Gasteiger partial charge in [-0.3, -0.25) is 9.48 Å². The number of carbonyl (C=O) groups is 2. The molecule has 11 nitrogen and oxygen atoms in total. The van der Waals surface area contributed by atoms with Crippen LogP contribution < -0.4 is 15.4 Å². The van der Waals surface area contributed by atoms with E-state index < -0.39 is 12.1 Å². The van der Waals surface area contributed by atoms with Gasteiger partial charge in [0.05, 0.1) is 31.6 Å². The molecule has 1 fully saturated rings. The molecule has 4 rings (SSSR count). The summed E-state index contributed by atoms with van der Waals surface area (Å²) in [6, 6.07) is 7.67.